The second-order valence-corrected chi connectivity index (χ2v) is 11.6. The van der Waals surface area contributed by atoms with Crippen LogP contribution in [-0.4, -0.2) is 70.0 Å². The van der Waals surface area contributed by atoms with Gasteiger partial charge >= 0.3 is 6.09 Å². The highest BCUT2D eigenvalue weighted by Crippen LogP contribution is 2.35. The molecule has 3 rings (SSSR count). The monoisotopic (exact) mass is 506 g/mol. The molecule has 194 valence electrons. The van der Waals surface area contributed by atoms with Crippen LogP contribution >= 0.6 is 0 Å². The first-order valence-corrected chi connectivity index (χ1v) is 14.2. The third-order valence-electron chi connectivity index (χ3n) is 6.40. The van der Waals surface area contributed by atoms with Crippen LogP contribution in [0.15, 0.2) is 46.3 Å². The summed E-state index contributed by atoms with van der Waals surface area (Å²) < 4.78 is 39.9. The summed E-state index contributed by atoms with van der Waals surface area (Å²) in [4.78, 5) is 19.2. The number of likely N-dealkylation sites (tertiary alicyclic amines) is 1. The minimum Gasteiger partial charge on any atom is -0.494 e. The number of ether oxygens (including phenoxy) is 3. The summed E-state index contributed by atoms with van der Waals surface area (Å²) in [6.07, 6.45) is 10.4. The van der Waals surface area contributed by atoms with Crippen molar-refractivity contribution in [3.8, 4) is 5.75 Å². The van der Waals surface area contributed by atoms with Crippen molar-refractivity contribution in [2.75, 3.05) is 33.1 Å². The number of nitrogens with zero attached hydrogens (tertiary/aromatic N) is 2. The van der Waals surface area contributed by atoms with Crippen LogP contribution in [0.1, 0.15) is 52.4 Å². The standard InChI is InChI=1S/C26H38N2O6S/c1-20(2)34-25(29)28-17-12-21(13-18-28)24(32-3)27-26(15-7-16-26)14-5-6-19-33-22-8-10-23(11-9-22)35(4,30)31/h7-11,15,20-21H,5-6,12-14,16-19H2,1-4H3. The van der Waals surface area contributed by atoms with Crippen molar-refractivity contribution < 1.29 is 27.4 Å². The molecule has 9 heteroatoms. The van der Waals surface area contributed by atoms with Crippen molar-refractivity contribution in [3.63, 3.8) is 0 Å². The Hall–Kier alpha value is -2.55. The van der Waals surface area contributed by atoms with Crippen LogP contribution in [0.25, 0.3) is 0 Å². The van der Waals surface area contributed by atoms with Crippen LogP contribution < -0.4 is 4.74 Å². The summed E-state index contributed by atoms with van der Waals surface area (Å²) in [5.74, 6) is 1.64. The van der Waals surface area contributed by atoms with E-state index >= 15 is 0 Å². The molecule has 1 fully saturated rings. The summed E-state index contributed by atoms with van der Waals surface area (Å²) in [5, 5.41) is 0. The van der Waals surface area contributed by atoms with Crippen molar-refractivity contribution in [2.24, 2.45) is 10.9 Å². The van der Waals surface area contributed by atoms with Crippen molar-refractivity contribution in [3.05, 3.63) is 36.4 Å². The predicted octanol–water partition coefficient (Wildman–Crippen LogP) is 4.64. The fraction of sp³-hybridized carbons (Fsp3) is 0.615. The van der Waals surface area contributed by atoms with Crippen LogP contribution in [0, 0.1) is 5.92 Å². The number of aliphatic imine (C=N–C) groups is 1. The molecule has 0 bridgehead atoms. The fourth-order valence-electron chi connectivity index (χ4n) is 4.33. The van der Waals surface area contributed by atoms with Gasteiger partial charge in [-0.1, -0.05) is 12.2 Å². The molecule has 0 radical (unpaired) electrons. The first kappa shape index (κ1) is 27.0. The van der Waals surface area contributed by atoms with E-state index in [1.807, 2.05) is 13.8 Å². The fourth-order valence-corrected chi connectivity index (χ4v) is 4.96. The Morgan fingerprint density at radius 3 is 2.34 bits per heavy atom. The average Bonchev–Trinajstić information content (AvgIpc) is 2.79. The first-order chi connectivity index (χ1) is 16.6. The molecule has 1 aromatic rings. The third kappa shape index (κ3) is 7.72. The van der Waals surface area contributed by atoms with E-state index in [0.717, 1.165) is 44.4 Å². The van der Waals surface area contributed by atoms with Crippen LogP contribution in [0.2, 0.25) is 0 Å². The molecular formula is C26H38N2O6S. The van der Waals surface area contributed by atoms with E-state index in [1.165, 1.54) is 6.26 Å². The Balaban J connectivity index is 1.46. The van der Waals surface area contributed by atoms with Crippen LogP contribution in [0.3, 0.4) is 0 Å². The van der Waals surface area contributed by atoms with Crippen molar-refractivity contribution in [1.29, 1.82) is 0 Å². The second kappa shape index (κ2) is 11.9. The maximum atomic E-state index is 12.2. The number of amides is 1. The lowest BCUT2D eigenvalue weighted by Gasteiger charge is -2.35. The van der Waals surface area contributed by atoms with E-state index in [4.69, 9.17) is 19.2 Å². The van der Waals surface area contributed by atoms with Gasteiger partial charge in [-0.3, -0.25) is 0 Å². The molecule has 35 heavy (non-hydrogen) atoms. The van der Waals surface area contributed by atoms with Gasteiger partial charge in [-0.25, -0.2) is 18.2 Å². The number of carbonyl (C=O) groups is 1. The van der Waals surface area contributed by atoms with Gasteiger partial charge in [-0.05, 0) is 76.6 Å². The van der Waals surface area contributed by atoms with E-state index < -0.39 is 9.84 Å². The number of rotatable bonds is 10. The highest BCUT2D eigenvalue weighted by molar-refractivity contribution is 7.90. The summed E-state index contributed by atoms with van der Waals surface area (Å²) in [6, 6.07) is 6.51. The topological polar surface area (TPSA) is 94.5 Å². The van der Waals surface area contributed by atoms with Crippen molar-refractivity contribution in [1.82, 2.24) is 4.90 Å². The lowest BCUT2D eigenvalue weighted by Crippen LogP contribution is -2.42. The zero-order valence-corrected chi connectivity index (χ0v) is 22.1. The van der Waals surface area contributed by atoms with Gasteiger partial charge in [-0.15, -0.1) is 0 Å². The Bertz CT molecular complexity index is 1010. The lowest BCUT2D eigenvalue weighted by molar-refractivity contribution is 0.0675. The van der Waals surface area contributed by atoms with Crippen molar-refractivity contribution in [2.45, 2.75) is 68.9 Å². The molecule has 1 unspecified atom stereocenters. The minimum atomic E-state index is -3.20. The average molecular weight is 507 g/mol. The molecular weight excluding hydrogens is 468 g/mol. The maximum absolute atomic E-state index is 12.2. The third-order valence-corrected chi connectivity index (χ3v) is 7.53. The van der Waals surface area contributed by atoms with E-state index in [9.17, 15) is 13.2 Å². The molecule has 1 saturated heterocycles. The Kier molecular flexibility index (Phi) is 9.21. The summed E-state index contributed by atoms with van der Waals surface area (Å²) in [7, 11) is -1.52. The van der Waals surface area contributed by atoms with E-state index in [2.05, 4.69) is 12.2 Å². The highest BCUT2D eigenvalue weighted by Gasteiger charge is 2.34. The van der Waals surface area contributed by atoms with Crippen LogP contribution in [-0.2, 0) is 19.3 Å². The largest absolute Gasteiger partial charge is 0.494 e. The molecule has 8 nitrogen and oxygen atoms in total. The number of unbranched alkanes of at least 4 members (excludes halogenated alkanes) is 1. The molecule has 2 aliphatic rings. The molecule has 1 aromatic carbocycles. The van der Waals surface area contributed by atoms with Crippen LogP contribution in [0.5, 0.6) is 5.75 Å². The van der Waals surface area contributed by atoms with Gasteiger partial charge in [0.15, 0.2) is 15.7 Å². The normalized spacial score (nSPS) is 21.1. The number of benzene rings is 1. The minimum absolute atomic E-state index is 0.118. The first-order valence-electron chi connectivity index (χ1n) is 12.3. The Labute approximate surface area is 209 Å². The number of hydrogen-bond acceptors (Lipinski definition) is 7. The van der Waals surface area contributed by atoms with E-state index in [0.29, 0.717) is 25.4 Å². The lowest BCUT2D eigenvalue weighted by atomic mass is 9.81. The van der Waals surface area contributed by atoms with Gasteiger partial charge in [0.1, 0.15) is 5.75 Å². The number of piperidine rings is 1. The summed E-state index contributed by atoms with van der Waals surface area (Å²) in [6.45, 7) is 5.56. The molecule has 0 saturated carbocycles. The number of hydrogen-bond donors (Lipinski definition) is 0. The van der Waals surface area contributed by atoms with Gasteiger partial charge in [0.05, 0.1) is 30.3 Å². The number of methoxy groups -OCH3 is 1. The van der Waals surface area contributed by atoms with Gasteiger partial charge in [-0.2, -0.15) is 0 Å². The molecule has 1 amide bonds. The van der Waals surface area contributed by atoms with Gasteiger partial charge in [0, 0.05) is 25.3 Å². The smallest absolute Gasteiger partial charge is 0.410 e. The molecule has 1 aliphatic heterocycles. The van der Waals surface area contributed by atoms with Crippen LogP contribution in [0.4, 0.5) is 4.79 Å². The molecule has 0 spiro atoms. The number of sulfone groups is 1. The Morgan fingerprint density at radius 2 is 1.83 bits per heavy atom. The van der Waals surface area contributed by atoms with E-state index in [1.54, 1.807) is 36.3 Å². The molecule has 1 atom stereocenters. The molecule has 1 aliphatic carbocycles. The van der Waals surface area contributed by atoms with E-state index in [-0.39, 0.29) is 28.5 Å². The quantitative estimate of drug-likeness (QED) is 0.199. The predicted molar refractivity (Wildman–Crippen MR) is 136 cm³/mol. The number of carbonyl (C=O) groups excluding carboxylic acids is 1. The zero-order chi connectivity index (χ0) is 25.5. The molecule has 1 heterocycles. The highest BCUT2D eigenvalue weighted by atomic mass is 32.2. The summed E-state index contributed by atoms with van der Waals surface area (Å²) >= 11 is 0. The SMILES string of the molecule is COC(=NC1(CCCCOc2ccc(S(C)(=O)=O)cc2)C=CC1)C1CCN(C(=O)OC(C)C)CC1. The maximum Gasteiger partial charge on any atom is 0.410 e. The molecule has 0 N–H and O–H groups in total. The van der Waals surface area contributed by atoms with Gasteiger partial charge in [0.25, 0.3) is 0 Å². The Morgan fingerprint density at radius 1 is 1.17 bits per heavy atom. The van der Waals surface area contributed by atoms with Gasteiger partial charge < -0.3 is 19.1 Å². The van der Waals surface area contributed by atoms with Gasteiger partial charge in [0.2, 0.25) is 0 Å². The van der Waals surface area contributed by atoms with Crippen molar-refractivity contribution >= 4 is 21.8 Å². The second-order valence-electron chi connectivity index (χ2n) is 9.61. The summed E-state index contributed by atoms with van der Waals surface area (Å²) in [5.41, 5.74) is -0.226. The zero-order valence-electron chi connectivity index (χ0n) is 21.2. The molecule has 0 aromatic heterocycles.